The lowest BCUT2D eigenvalue weighted by Gasteiger charge is -2.11. The molecule has 0 spiro atoms. The van der Waals surface area contributed by atoms with Gasteiger partial charge in [-0.3, -0.25) is 4.79 Å². The SMILES string of the molecule is Cc1nc(NCc2ccc(F)cc2)cc(C(=O)Nc2cccc(C)c2C)n1. The molecule has 0 radical (unpaired) electrons. The Morgan fingerprint density at radius 2 is 1.78 bits per heavy atom. The van der Waals surface area contributed by atoms with Crippen LogP contribution in [0.2, 0.25) is 0 Å². The lowest BCUT2D eigenvalue weighted by Crippen LogP contribution is -2.16. The highest BCUT2D eigenvalue weighted by Gasteiger charge is 2.12. The van der Waals surface area contributed by atoms with E-state index in [-0.39, 0.29) is 17.4 Å². The number of hydrogen-bond acceptors (Lipinski definition) is 4. The van der Waals surface area contributed by atoms with Gasteiger partial charge in [-0.25, -0.2) is 14.4 Å². The normalized spacial score (nSPS) is 10.5. The van der Waals surface area contributed by atoms with Crippen molar-refractivity contribution < 1.29 is 9.18 Å². The summed E-state index contributed by atoms with van der Waals surface area (Å²) >= 11 is 0. The van der Waals surface area contributed by atoms with Gasteiger partial charge in [-0.05, 0) is 55.7 Å². The first-order valence-corrected chi connectivity index (χ1v) is 8.64. The average molecular weight is 364 g/mol. The maximum Gasteiger partial charge on any atom is 0.274 e. The van der Waals surface area contributed by atoms with E-state index in [1.165, 1.54) is 12.1 Å². The van der Waals surface area contributed by atoms with Crippen LogP contribution in [0.5, 0.6) is 0 Å². The molecule has 0 saturated heterocycles. The number of hydrogen-bond donors (Lipinski definition) is 2. The summed E-state index contributed by atoms with van der Waals surface area (Å²) < 4.78 is 13.0. The highest BCUT2D eigenvalue weighted by molar-refractivity contribution is 6.03. The Morgan fingerprint density at radius 1 is 1.04 bits per heavy atom. The minimum atomic E-state index is -0.293. The molecule has 138 valence electrons. The predicted octanol–water partition coefficient (Wildman–Crippen LogP) is 4.41. The van der Waals surface area contributed by atoms with Crippen molar-refractivity contribution in [2.45, 2.75) is 27.3 Å². The van der Waals surface area contributed by atoms with Crippen molar-refractivity contribution in [2.24, 2.45) is 0 Å². The molecule has 5 nitrogen and oxygen atoms in total. The minimum Gasteiger partial charge on any atom is -0.366 e. The fourth-order valence-corrected chi connectivity index (χ4v) is 2.64. The number of benzene rings is 2. The zero-order valence-corrected chi connectivity index (χ0v) is 15.5. The fourth-order valence-electron chi connectivity index (χ4n) is 2.64. The van der Waals surface area contributed by atoms with Gasteiger partial charge in [-0.1, -0.05) is 24.3 Å². The molecule has 3 rings (SSSR count). The molecule has 1 amide bonds. The molecule has 3 aromatic rings. The molecule has 1 aromatic heterocycles. The van der Waals surface area contributed by atoms with E-state index in [0.717, 1.165) is 22.4 Å². The minimum absolute atomic E-state index is 0.276. The fraction of sp³-hybridized carbons (Fsp3) is 0.190. The first-order valence-electron chi connectivity index (χ1n) is 8.64. The van der Waals surface area contributed by atoms with Crippen LogP contribution in [0.15, 0.2) is 48.5 Å². The number of aryl methyl sites for hydroxylation is 2. The Morgan fingerprint density at radius 3 is 2.52 bits per heavy atom. The molecule has 1 heterocycles. The Kier molecular flexibility index (Phi) is 5.45. The van der Waals surface area contributed by atoms with Crippen molar-refractivity contribution in [3.05, 3.63) is 82.6 Å². The molecule has 2 aromatic carbocycles. The second kappa shape index (κ2) is 7.95. The van der Waals surface area contributed by atoms with Crippen molar-refractivity contribution in [1.82, 2.24) is 9.97 Å². The van der Waals surface area contributed by atoms with Crippen LogP contribution in [0.4, 0.5) is 15.9 Å². The summed E-state index contributed by atoms with van der Waals surface area (Å²) in [7, 11) is 0. The quantitative estimate of drug-likeness (QED) is 0.704. The standard InChI is InChI=1S/C21H21FN4O/c1-13-5-4-6-18(14(13)2)26-21(27)19-11-20(25-15(3)24-19)23-12-16-7-9-17(22)10-8-16/h4-11H,12H2,1-3H3,(H,26,27)(H,23,24,25). The maximum absolute atomic E-state index is 13.0. The second-order valence-electron chi connectivity index (χ2n) is 6.37. The van der Waals surface area contributed by atoms with Crippen molar-refractivity contribution in [3.8, 4) is 0 Å². The lowest BCUT2D eigenvalue weighted by molar-refractivity contribution is 0.102. The smallest absolute Gasteiger partial charge is 0.274 e. The van der Waals surface area contributed by atoms with Crippen LogP contribution < -0.4 is 10.6 Å². The monoisotopic (exact) mass is 364 g/mol. The van der Waals surface area contributed by atoms with E-state index in [1.807, 2.05) is 32.0 Å². The molecule has 0 aliphatic carbocycles. The number of halogens is 1. The van der Waals surface area contributed by atoms with E-state index in [0.29, 0.717) is 18.2 Å². The molecule has 0 saturated carbocycles. The van der Waals surface area contributed by atoms with Crippen LogP contribution >= 0.6 is 0 Å². The molecule has 0 bridgehead atoms. The van der Waals surface area contributed by atoms with Crippen LogP contribution in [-0.4, -0.2) is 15.9 Å². The van der Waals surface area contributed by atoms with Gasteiger partial charge in [0.15, 0.2) is 0 Å². The van der Waals surface area contributed by atoms with Crippen LogP contribution in [-0.2, 0) is 6.54 Å². The molecule has 0 fully saturated rings. The summed E-state index contributed by atoms with van der Waals surface area (Å²) in [4.78, 5) is 21.2. The first kappa shape index (κ1) is 18.5. The highest BCUT2D eigenvalue weighted by Crippen LogP contribution is 2.19. The third-order valence-corrected chi connectivity index (χ3v) is 4.31. The number of anilines is 2. The topological polar surface area (TPSA) is 66.9 Å². The predicted molar refractivity (Wildman–Crippen MR) is 104 cm³/mol. The maximum atomic E-state index is 13.0. The molecular formula is C21H21FN4O. The zero-order chi connectivity index (χ0) is 19.4. The summed E-state index contributed by atoms with van der Waals surface area (Å²) in [5.41, 5.74) is 4.08. The van der Waals surface area contributed by atoms with Crippen LogP contribution in [0.25, 0.3) is 0 Å². The van der Waals surface area contributed by atoms with E-state index in [1.54, 1.807) is 25.1 Å². The van der Waals surface area contributed by atoms with Gasteiger partial charge in [0.1, 0.15) is 23.2 Å². The lowest BCUT2D eigenvalue weighted by atomic mass is 10.1. The number of nitrogens with zero attached hydrogens (tertiary/aromatic N) is 2. The van der Waals surface area contributed by atoms with Gasteiger partial charge in [0, 0.05) is 18.3 Å². The van der Waals surface area contributed by atoms with Gasteiger partial charge in [0.25, 0.3) is 5.91 Å². The van der Waals surface area contributed by atoms with Crippen LogP contribution in [0, 0.1) is 26.6 Å². The van der Waals surface area contributed by atoms with Crippen LogP contribution in [0.1, 0.15) is 33.0 Å². The summed E-state index contributed by atoms with van der Waals surface area (Å²) in [5, 5.41) is 6.05. The van der Waals surface area contributed by atoms with E-state index in [4.69, 9.17) is 0 Å². The summed E-state index contributed by atoms with van der Waals surface area (Å²) in [6, 6.07) is 13.6. The van der Waals surface area contributed by atoms with Gasteiger partial charge < -0.3 is 10.6 Å². The van der Waals surface area contributed by atoms with Gasteiger partial charge >= 0.3 is 0 Å². The molecule has 6 heteroatoms. The Labute approximate surface area is 157 Å². The molecular weight excluding hydrogens is 343 g/mol. The van der Waals surface area contributed by atoms with E-state index < -0.39 is 0 Å². The summed E-state index contributed by atoms with van der Waals surface area (Å²) in [6.45, 7) is 6.16. The second-order valence-corrected chi connectivity index (χ2v) is 6.37. The Bertz CT molecular complexity index is 970. The molecule has 0 atom stereocenters. The Hall–Kier alpha value is -3.28. The van der Waals surface area contributed by atoms with Gasteiger partial charge in [0.2, 0.25) is 0 Å². The van der Waals surface area contributed by atoms with Crippen molar-refractivity contribution in [3.63, 3.8) is 0 Å². The van der Waals surface area contributed by atoms with Gasteiger partial charge in [-0.15, -0.1) is 0 Å². The largest absolute Gasteiger partial charge is 0.366 e. The number of aromatic nitrogens is 2. The number of carbonyl (C=O) groups excluding carboxylic acids is 1. The molecule has 2 N–H and O–H groups in total. The van der Waals surface area contributed by atoms with Gasteiger partial charge in [0.05, 0.1) is 0 Å². The van der Waals surface area contributed by atoms with Crippen molar-refractivity contribution >= 4 is 17.4 Å². The highest BCUT2D eigenvalue weighted by atomic mass is 19.1. The van der Waals surface area contributed by atoms with Crippen molar-refractivity contribution in [2.75, 3.05) is 10.6 Å². The number of nitrogens with one attached hydrogen (secondary N) is 2. The number of rotatable bonds is 5. The molecule has 27 heavy (non-hydrogen) atoms. The number of amides is 1. The van der Waals surface area contributed by atoms with Gasteiger partial charge in [-0.2, -0.15) is 0 Å². The summed E-state index contributed by atoms with van der Waals surface area (Å²) in [5.74, 6) is 0.462. The van der Waals surface area contributed by atoms with Crippen LogP contribution in [0.3, 0.4) is 0 Å². The van der Waals surface area contributed by atoms with Crippen molar-refractivity contribution in [1.29, 1.82) is 0 Å². The first-order chi connectivity index (χ1) is 12.9. The van der Waals surface area contributed by atoms with E-state index >= 15 is 0 Å². The van der Waals surface area contributed by atoms with E-state index in [2.05, 4.69) is 20.6 Å². The van der Waals surface area contributed by atoms with E-state index in [9.17, 15) is 9.18 Å². The zero-order valence-electron chi connectivity index (χ0n) is 15.5. The molecule has 0 aliphatic rings. The average Bonchev–Trinajstić information content (AvgIpc) is 2.64. The molecule has 0 aliphatic heterocycles. The third kappa shape index (κ3) is 4.67. The Balaban J connectivity index is 1.75. The summed E-state index contributed by atoms with van der Waals surface area (Å²) in [6.07, 6.45) is 0. The molecule has 0 unspecified atom stereocenters. The third-order valence-electron chi connectivity index (χ3n) is 4.31. The number of carbonyl (C=O) groups is 1.